The van der Waals surface area contributed by atoms with Crippen molar-refractivity contribution in [3.05, 3.63) is 34.3 Å². The first-order valence-corrected chi connectivity index (χ1v) is 9.15. The summed E-state index contributed by atoms with van der Waals surface area (Å²) in [7, 11) is 0. The fourth-order valence-electron chi connectivity index (χ4n) is 2.29. The lowest BCUT2D eigenvalue weighted by Gasteiger charge is -2.19. The van der Waals surface area contributed by atoms with Crippen molar-refractivity contribution in [3.63, 3.8) is 0 Å². The zero-order chi connectivity index (χ0) is 15.3. The monoisotopic (exact) mass is 355 g/mol. The molecule has 0 radical (unpaired) electrons. The maximum Gasteiger partial charge on any atom is 0.0949 e. The first kappa shape index (κ1) is 18.7. The van der Waals surface area contributed by atoms with Crippen molar-refractivity contribution in [2.75, 3.05) is 19.7 Å². The summed E-state index contributed by atoms with van der Waals surface area (Å²) in [6.45, 7) is 7.24. The molecule has 1 rings (SSSR count). The highest BCUT2D eigenvalue weighted by Gasteiger charge is 2.11. The smallest absolute Gasteiger partial charge is 0.0949 e. The van der Waals surface area contributed by atoms with Crippen LogP contribution in [0.25, 0.3) is 0 Å². The summed E-state index contributed by atoms with van der Waals surface area (Å²) >= 11 is 3.49. The molecule has 0 aliphatic heterocycles. The van der Waals surface area contributed by atoms with E-state index in [0.29, 0.717) is 0 Å². The summed E-state index contributed by atoms with van der Waals surface area (Å²) in [5, 5.41) is 3.47. The molecule has 1 atom stereocenters. The van der Waals surface area contributed by atoms with Crippen molar-refractivity contribution in [2.24, 2.45) is 0 Å². The third-order valence-electron chi connectivity index (χ3n) is 3.57. The van der Waals surface area contributed by atoms with E-state index in [2.05, 4.69) is 59.4 Å². The van der Waals surface area contributed by atoms with E-state index in [-0.39, 0.29) is 6.10 Å². The zero-order valence-corrected chi connectivity index (χ0v) is 15.1. The Bertz CT molecular complexity index is 353. The molecule has 21 heavy (non-hydrogen) atoms. The normalized spacial score (nSPS) is 12.5. The molecule has 0 saturated heterocycles. The van der Waals surface area contributed by atoms with E-state index in [4.69, 9.17) is 4.74 Å². The minimum atomic E-state index is 0.163. The van der Waals surface area contributed by atoms with Gasteiger partial charge in [-0.15, -0.1) is 0 Å². The Morgan fingerprint density at radius 2 is 1.71 bits per heavy atom. The molecule has 0 amide bonds. The minimum Gasteiger partial charge on any atom is -0.372 e. The van der Waals surface area contributed by atoms with E-state index in [0.717, 1.165) is 30.6 Å². The number of rotatable bonds is 12. The molecule has 1 N–H and O–H groups in total. The highest BCUT2D eigenvalue weighted by atomic mass is 79.9. The molecule has 0 aromatic heterocycles. The van der Waals surface area contributed by atoms with Gasteiger partial charge < -0.3 is 10.1 Å². The lowest BCUT2D eigenvalue weighted by atomic mass is 10.1. The highest BCUT2D eigenvalue weighted by molar-refractivity contribution is 9.10. The predicted molar refractivity (Wildman–Crippen MR) is 94.8 cm³/mol. The molecule has 0 aliphatic rings. The maximum absolute atomic E-state index is 6.12. The molecular weight excluding hydrogens is 326 g/mol. The van der Waals surface area contributed by atoms with E-state index in [1.165, 1.54) is 37.7 Å². The Labute approximate surface area is 138 Å². The average molecular weight is 356 g/mol. The highest BCUT2D eigenvalue weighted by Crippen LogP contribution is 2.20. The third-order valence-corrected chi connectivity index (χ3v) is 4.09. The Balaban J connectivity index is 2.39. The number of halogens is 1. The molecular formula is C18H30BrNO. The summed E-state index contributed by atoms with van der Waals surface area (Å²) in [5.41, 5.74) is 1.26. The molecule has 0 saturated carbocycles. The largest absolute Gasteiger partial charge is 0.372 e. The molecule has 1 unspecified atom stereocenters. The molecule has 0 aliphatic carbocycles. The van der Waals surface area contributed by atoms with Gasteiger partial charge in [-0.25, -0.2) is 0 Å². The van der Waals surface area contributed by atoms with Crippen molar-refractivity contribution in [3.8, 4) is 0 Å². The standard InChI is InChI=1S/C18H30BrNO/c1-3-5-6-7-8-14-21-18(15-20-13-4-2)16-9-11-17(19)12-10-16/h9-12,18,20H,3-8,13-15H2,1-2H3. The molecule has 1 aromatic carbocycles. The summed E-state index contributed by atoms with van der Waals surface area (Å²) in [6.07, 6.45) is 7.73. The van der Waals surface area contributed by atoms with Gasteiger partial charge in [-0.3, -0.25) is 0 Å². The fourth-order valence-corrected chi connectivity index (χ4v) is 2.56. The first-order chi connectivity index (χ1) is 10.3. The van der Waals surface area contributed by atoms with Crippen LogP contribution in [-0.4, -0.2) is 19.7 Å². The Kier molecular flexibility index (Phi) is 10.8. The third kappa shape index (κ3) is 8.60. The topological polar surface area (TPSA) is 21.3 Å². The molecule has 0 spiro atoms. The van der Waals surface area contributed by atoms with Crippen molar-refractivity contribution >= 4 is 15.9 Å². The van der Waals surface area contributed by atoms with E-state index in [1.807, 2.05) is 0 Å². The van der Waals surface area contributed by atoms with Crippen molar-refractivity contribution < 1.29 is 4.74 Å². The number of ether oxygens (including phenoxy) is 1. The lowest BCUT2D eigenvalue weighted by Crippen LogP contribution is -2.24. The van der Waals surface area contributed by atoms with Crippen LogP contribution in [0.5, 0.6) is 0 Å². The molecule has 0 fully saturated rings. The van der Waals surface area contributed by atoms with Gasteiger partial charge in [-0.2, -0.15) is 0 Å². The van der Waals surface area contributed by atoms with Crippen molar-refractivity contribution in [2.45, 2.75) is 58.5 Å². The van der Waals surface area contributed by atoms with E-state index in [9.17, 15) is 0 Å². The Hall–Kier alpha value is -0.380. The maximum atomic E-state index is 6.12. The van der Waals surface area contributed by atoms with Crippen LogP contribution in [0.4, 0.5) is 0 Å². The van der Waals surface area contributed by atoms with E-state index < -0.39 is 0 Å². The fraction of sp³-hybridized carbons (Fsp3) is 0.667. The van der Waals surface area contributed by atoms with Crippen LogP contribution in [0.2, 0.25) is 0 Å². The van der Waals surface area contributed by atoms with Gasteiger partial charge in [-0.1, -0.05) is 67.6 Å². The minimum absolute atomic E-state index is 0.163. The van der Waals surface area contributed by atoms with Gasteiger partial charge in [0.25, 0.3) is 0 Å². The van der Waals surface area contributed by atoms with Gasteiger partial charge >= 0.3 is 0 Å². The zero-order valence-electron chi connectivity index (χ0n) is 13.5. The SMILES string of the molecule is CCCCCCCOC(CNCCC)c1ccc(Br)cc1. The molecule has 120 valence electrons. The number of hydrogen-bond donors (Lipinski definition) is 1. The van der Waals surface area contributed by atoms with Gasteiger partial charge in [0.05, 0.1) is 6.10 Å². The molecule has 1 aromatic rings. The van der Waals surface area contributed by atoms with Crippen LogP contribution in [0.3, 0.4) is 0 Å². The van der Waals surface area contributed by atoms with Crippen LogP contribution in [-0.2, 0) is 4.74 Å². The lowest BCUT2D eigenvalue weighted by molar-refractivity contribution is 0.0499. The summed E-state index contributed by atoms with van der Waals surface area (Å²) in [4.78, 5) is 0. The van der Waals surface area contributed by atoms with E-state index in [1.54, 1.807) is 0 Å². The molecule has 0 heterocycles. The van der Waals surface area contributed by atoms with Crippen LogP contribution >= 0.6 is 15.9 Å². The number of hydrogen-bond acceptors (Lipinski definition) is 2. The van der Waals surface area contributed by atoms with Crippen molar-refractivity contribution in [1.29, 1.82) is 0 Å². The average Bonchev–Trinajstić information content (AvgIpc) is 2.50. The first-order valence-electron chi connectivity index (χ1n) is 8.35. The predicted octanol–water partition coefficient (Wildman–Crippen LogP) is 5.48. The van der Waals surface area contributed by atoms with Crippen LogP contribution < -0.4 is 5.32 Å². The number of unbranched alkanes of at least 4 members (excludes halogenated alkanes) is 4. The van der Waals surface area contributed by atoms with Crippen LogP contribution in [0.15, 0.2) is 28.7 Å². The van der Waals surface area contributed by atoms with Gasteiger partial charge in [-0.05, 0) is 37.1 Å². The number of nitrogens with one attached hydrogen (secondary N) is 1. The van der Waals surface area contributed by atoms with Crippen molar-refractivity contribution in [1.82, 2.24) is 5.32 Å². The van der Waals surface area contributed by atoms with Gasteiger partial charge in [0.15, 0.2) is 0 Å². The Morgan fingerprint density at radius 1 is 1.00 bits per heavy atom. The summed E-state index contributed by atoms with van der Waals surface area (Å²) in [6, 6.07) is 8.48. The second-order valence-corrected chi connectivity index (χ2v) is 6.44. The van der Waals surface area contributed by atoms with Crippen LogP contribution in [0, 0.1) is 0 Å². The summed E-state index contributed by atoms with van der Waals surface area (Å²) in [5.74, 6) is 0. The second kappa shape index (κ2) is 12.2. The van der Waals surface area contributed by atoms with Gasteiger partial charge in [0.1, 0.15) is 0 Å². The van der Waals surface area contributed by atoms with Gasteiger partial charge in [0.2, 0.25) is 0 Å². The van der Waals surface area contributed by atoms with E-state index >= 15 is 0 Å². The molecule has 3 heteroatoms. The molecule has 2 nitrogen and oxygen atoms in total. The number of benzene rings is 1. The molecule has 0 bridgehead atoms. The quantitative estimate of drug-likeness (QED) is 0.501. The van der Waals surface area contributed by atoms with Crippen LogP contribution in [0.1, 0.15) is 64.0 Å². The second-order valence-electron chi connectivity index (χ2n) is 5.53. The van der Waals surface area contributed by atoms with Gasteiger partial charge in [0, 0.05) is 17.6 Å². The Morgan fingerprint density at radius 3 is 2.38 bits per heavy atom. The summed E-state index contributed by atoms with van der Waals surface area (Å²) < 4.78 is 7.23.